The fraction of sp³-hybridized carbons (Fsp3) is 0.158. The Morgan fingerprint density at radius 2 is 1.36 bits per heavy atom. The Morgan fingerprint density at radius 3 is 1.84 bits per heavy atom. The van der Waals surface area contributed by atoms with Crippen LogP contribution in [0.5, 0.6) is 0 Å². The lowest BCUT2D eigenvalue weighted by atomic mass is 9.92. The third-order valence-corrected chi connectivity index (χ3v) is 3.83. The molecule has 0 N–H and O–H groups in total. The van der Waals surface area contributed by atoms with Crippen LogP contribution in [0.4, 0.5) is 0 Å². The van der Waals surface area contributed by atoms with Gasteiger partial charge in [-0.25, -0.2) is 0 Å². The average molecular weight is 357 g/mol. The van der Waals surface area contributed by atoms with Crippen molar-refractivity contribution in [3.63, 3.8) is 0 Å². The molecule has 0 atom stereocenters. The van der Waals surface area contributed by atoms with Crippen LogP contribution in [-0.2, 0) is 14.4 Å². The molecular weight excluding hydrogens is 338 g/mol. The van der Waals surface area contributed by atoms with Gasteiger partial charge < -0.3 is 0 Å². The summed E-state index contributed by atoms with van der Waals surface area (Å²) in [5.74, 6) is -0.159. The van der Waals surface area contributed by atoms with Gasteiger partial charge in [-0.2, -0.15) is 8.42 Å². The summed E-state index contributed by atoms with van der Waals surface area (Å²) in [6, 6.07) is 18.1. The highest BCUT2D eigenvalue weighted by Crippen LogP contribution is 2.23. The Kier molecular flexibility index (Phi) is 5.88. The van der Waals surface area contributed by atoms with Gasteiger partial charge in [-0.15, -0.1) is 0 Å². The van der Waals surface area contributed by atoms with Crippen molar-refractivity contribution in [3.05, 3.63) is 77.4 Å². The Hall–Kier alpha value is -2.73. The lowest BCUT2D eigenvalue weighted by molar-refractivity contribution is 0.103. The molecule has 0 aromatic heterocycles. The van der Waals surface area contributed by atoms with Crippen molar-refractivity contribution in [2.45, 2.75) is 13.8 Å². The zero-order valence-corrected chi connectivity index (χ0v) is 15.1. The number of hydrogen-bond acceptors (Lipinski definition) is 5. The van der Waals surface area contributed by atoms with Crippen LogP contribution < -0.4 is 0 Å². The van der Waals surface area contributed by atoms with E-state index in [2.05, 4.69) is 9.44 Å². The van der Waals surface area contributed by atoms with Crippen LogP contribution >= 0.6 is 0 Å². The molecule has 2 aromatic rings. The second-order valence-corrected chi connectivity index (χ2v) is 7.07. The molecule has 0 radical (unpaired) electrons. The summed E-state index contributed by atoms with van der Waals surface area (Å²) in [6.45, 7) is 3.30. The van der Waals surface area contributed by atoms with E-state index in [1.807, 2.05) is 36.4 Å². The number of hydrogen-bond donors (Lipinski definition) is 0. The standard InChI is InChI=1S/C19H19NO4S/c1-14(19(21)17-12-8-5-9-13-17)18(16-10-6-4-7-11-16)15(2)20-24-25(3,22)23/h4-13H,1-3H3. The smallest absolute Gasteiger partial charge is 0.289 e. The molecule has 0 aliphatic rings. The monoisotopic (exact) mass is 357 g/mol. The van der Waals surface area contributed by atoms with E-state index in [1.165, 1.54) is 0 Å². The maximum Gasteiger partial charge on any atom is 0.325 e. The lowest BCUT2D eigenvalue weighted by Crippen LogP contribution is -2.09. The zero-order valence-electron chi connectivity index (χ0n) is 14.3. The van der Waals surface area contributed by atoms with Crippen LogP contribution in [0, 0.1) is 0 Å². The van der Waals surface area contributed by atoms with Crippen LogP contribution in [0.1, 0.15) is 29.8 Å². The fourth-order valence-corrected chi connectivity index (χ4v) is 2.64. The summed E-state index contributed by atoms with van der Waals surface area (Å²) in [5, 5.41) is 3.69. The first-order valence-electron chi connectivity index (χ1n) is 7.59. The van der Waals surface area contributed by atoms with E-state index in [0.29, 0.717) is 22.4 Å². The number of oxime groups is 1. The topological polar surface area (TPSA) is 72.8 Å². The minimum Gasteiger partial charge on any atom is -0.289 e. The molecule has 130 valence electrons. The van der Waals surface area contributed by atoms with Crippen LogP contribution in [0.3, 0.4) is 0 Å². The largest absolute Gasteiger partial charge is 0.325 e. The Balaban J connectivity index is 2.56. The molecule has 25 heavy (non-hydrogen) atoms. The SMILES string of the molecule is CC(=NOS(C)(=O)=O)C(=C(C)C(=O)c1ccccc1)c1ccccc1. The molecule has 0 fully saturated rings. The predicted octanol–water partition coefficient (Wildman–Crippen LogP) is 3.70. The molecule has 0 bridgehead atoms. The molecule has 0 spiro atoms. The summed E-state index contributed by atoms with van der Waals surface area (Å²) in [4.78, 5) is 12.8. The van der Waals surface area contributed by atoms with Gasteiger partial charge in [0.2, 0.25) is 0 Å². The molecule has 0 aliphatic carbocycles. The molecule has 0 amide bonds. The van der Waals surface area contributed by atoms with Gasteiger partial charge in [-0.3, -0.25) is 9.08 Å². The molecule has 0 unspecified atom stereocenters. The van der Waals surface area contributed by atoms with Crippen molar-refractivity contribution in [1.82, 2.24) is 0 Å². The first kappa shape index (κ1) is 18.6. The number of rotatable bonds is 6. The van der Waals surface area contributed by atoms with E-state index in [4.69, 9.17) is 0 Å². The Bertz CT molecular complexity index is 914. The van der Waals surface area contributed by atoms with Gasteiger partial charge in [-0.1, -0.05) is 65.8 Å². The number of Topliss-reactive ketones (excluding diaryl/α,β-unsaturated/α-hetero) is 1. The van der Waals surface area contributed by atoms with Crippen molar-refractivity contribution in [2.75, 3.05) is 6.26 Å². The van der Waals surface area contributed by atoms with Crippen LogP contribution in [0.25, 0.3) is 5.57 Å². The van der Waals surface area contributed by atoms with Crippen molar-refractivity contribution < 1.29 is 17.5 Å². The number of carbonyl (C=O) groups excluding carboxylic acids is 1. The van der Waals surface area contributed by atoms with E-state index >= 15 is 0 Å². The molecule has 0 aliphatic heterocycles. The van der Waals surface area contributed by atoms with E-state index in [9.17, 15) is 13.2 Å². The molecule has 0 heterocycles. The minimum absolute atomic E-state index is 0.159. The van der Waals surface area contributed by atoms with E-state index in [0.717, 1.165) is 11.8 Å². The van der Waals surface area contributed by atoms with Gasteiger partial charge in [0, 0.05) is 16.7 Å². The van der Waals surface area contributed by atoms with Crippen molar-refractivity contribution in [3.8, 4) is 0 Å². The minimum atomic E-state index is -3.73. The van der Waals surface area contributed by atoms with Gasteiger partial charge in [-0.05, 0) is 19.4 Å². The summed E-state index contributed by atoms with van der Waals surface area (Å²) in [6.07, 6.45) is 0.914. The highest BCUT2D eigenvalue weighted by Gasteiger charge is 2.17. The van der Waals surface area contributed by atoms with Crippen LogP contribution in [0.2, 0.25) is 0 Å². The highest BCUT2D eigenvalue weighted by atomic mass is 32.2. The first-order valence-corrected chi connectivity index (χ1v) is 9.41. The van der Waals surface area contributed by atoms with Crippen LogP contribution in [-0.4, -0.2) is 26.2 Å². The molecule has 0 saturated heterocycles. The maximum atomic E-state index is 12.8. The summed E-state index contributed by atoms with van der Waals surface area (Å²) < 4.78 is 27.0. The molecule has 2 aromatic carbocycles. The van der Waals surface area contributed by atoms with Gasteiger partial charge >= 0.3 is 10.1 Å². The second kappa shape index (κ2) is 7.90. The van der Waals surface area contributed by atoms with E-state index < -0.39 is 10.1 Å². The van der Waals surface area contributed by atoms with Gasteiger partial charge in [0.1, 0.15) is 0 Å². The van der Waals surface area contributed by atoms with Crippen molar-refractivity contribution >= 4 is 27.2 Å². The normalized spacial score (nSPS) is 13.2. The summed E-state index contributed by atoms with van der Waals surface area (Å²) in [5.41, 5.74) is 2.60. The molecule has 6 heteroatoms. The third-order valence-electron chi connectivity index (χ3n) is 3.49. The lowest BCUT2D eigenvalue weighted by Gasteiger charge is -2.12. The van der Waals surface area contributed by atoms with Gasteiger partial charge in [0.05, 0.1) is 12.0 Å². The first-order chi connectivity index (χ1) is 11.8. The average Bonchev–Trinajstić information content (AvgIpc) is 2.60. The number of benzene rings is 2. The van der Waals surface area contributed by atoms with Gasteiger partial charge in [0.15, 0.2) is 5.78 Å². The number of carbonyl (C=O) groups is 1. The predicted molar refractivity (Wildman–Crippen MR) is 98.8 cm³/mol. The fourth-order valence-electron chi connectivity index (χ4n) is 2.39. The van der Waals surface area contributed by atoms with Crippen molar-refractivity contribution in [1.29, 1.82) is 0 Å². The van der Waals surface area contributed by atoms with Gasteiger partial charge in [0.25, 0.3) is 0 Å². The molecule has 5 nitrogen and oxygen atoms in total. The number of ketones is 1. The number of nitrogens with zero attached hydrogens (tertiary/aromatic N) is 1. The number of allylic oxidation sites excluding steroid dienone is 2. The molecular formula is C19H19NO4S. The quantitative estimate of drug-likeness (QED) is 0.342. The zero-order chi connectivity index (χ0) is 18.4. The third kappa shape index (κ3) is 5.12. The second-order valence-electron chi connectivity index (χ2n) is 5.52. The Morgan fingerprint density at radius 1 is 0.880 bits per heavy atom. The summed E-state index contributed by atoms with van der Waals surface area (Å²) in [7, 11) is -3.73. The van der Waals surface area contributed by atoms with E-state index in [1.54, 1.807) is 38.1 Å². The van der Waals surface area contributed by atoms with Crippen molar-refractivity contribution in [2.24, 2.45) is 5.16 Å². The van der Waals surface area contributed by atoms with E-state index in [-0.39, 0.29) is 5.78 Å². The highest BCUT2D eigenvalue weighted by molar-refractivity contribution is 7.85. The molecule has 0 saturated carbocycles. The Labute approximate surface area is 147 Å². The molecule has 2 rings (SSSR count). The van der Waals surface area contributed by atoms with Crippen LogP contribution in [0.15, 0.2) is 71.4 Å². The summed E-state index contributed by atoms with van der Waals surface area (Å²) >= 11 is 0. The maximum absolute atomic E-state index is 12.8.